The van der Waals surface area contributed by atoms with E-state index in [1.807, 2.05) is 24.3 Å². The number of rotatable bonds is 5. The third-order valence-corrected chi connectivity index (χ3v) is 8.22. The summed E-state index contributed by atoms with van der Waals surface area (Å²) in [7, 11) is 0. The molecule has 1 amide bonds. The number of thiophene rings is 1. The van der Waals surface area contributed by atoms with Crippen LogP contribution in [0.5, 0.6) is 0 Å². The molecule has 7 rings (SSSR count). The quantitative estimate of drug-likeness (QED) is 0.220. The highest BCUT2D eigenvalue weighted by Crippen LogP contribution is 2.36. The van der Waals surface area contributed by atoms with Crippen molar-refractivity contribution in [1.29, 1.82) is 0 Å². The van der Waals surface area contributed by atoms with Crippen LogP contribution in [0.2, 0.25) is 0 Å². The van der Waals surface area contributed by atoms with Crippen LogP contribution >= 0.6 is 11.3 Å². The van der Waals surface area contributed by atoms with Gasteiger partial charge in [0.15, 0.2) is 5.13 Å². The molecule has 1 saturated carbocycles. The molecule has 8 nitrogen and oxygen atoms in total. The zero-order chi connectivity index (χ0) is 26.3. The van der Waals surface area contributed by atoms with Crippen molar-refractivity contribution in [3.05, 3.63) is 66.3 Å². The number of aromatic amines is 2. The van der Waals surface area contributed by atoms with Crippen molar-refractivity contribution in [2.24, 2.45) is 5.92 Å². The average Bonchev–Trinajstić information content (AvgIpc) is 3.71. The largest absolute Gasteiger partial charge is 0.353 e. The minimum atomic E-state index is -0.245. The van der Waals surface area contributed by atoms with Crippen molar-refractivity contribution in [3.63, 3.8) is 0 Å². The van der Waals surface area contributed by atoms with E-state index in [1.54, 1.807) is 30.9 Å². The molecule has 6 heterocycles. The van der Waals surface area contributed by atoms with E-state index in [2.05, 4.69) is 35.5 Å². The topological polar surface area (TPSA) is 112 Å². The molecule has 3 N–H and O–H groups in total. The van der Waals surface area contributed by atoms with Gasteiger partial charge in [-0.25, -0.2) is 0 Å². The summed E-state index contributed by atoms with van der Waals surface area (Å²) in [4.78, 5) is 30.4. The van der Waals surface area contributed by atoms with E-state index < -0.39 is 0 Å². The summed E-state index contributed by atoms with van der Waals surface area (Å²) in [5.74, 6) is 0.128. The molecular formula is C29H24FN7OS. The molecule has 0 aliphatic heterocycles. The van der Waals surface area contributed by atoms with Gasteiger partial charge in [-0.1, -0.05) is 19.3 Å². The lowest BCUT2D eigenvalue weighted by atomic mass is 9.88. The number of pyridine rings is 3. The molecule has 6 aromatic heterocycles. The predicted molar refractivity (Wildman–Crippen MR) is 151 cm³/mol. The van der Waals surface area contributed by atoms with Crippen molar-refractivity contribution in [2.45, 2.75) is 32.1 Å². The molecule has 0 aromatic carbocycles. The number of hydrogen-bond acceptors (Lipinski definition) is 6. The molecule has 0 bridgehead atoms. The summed E-state index contributed by atoms with van der Waals surface area (Å²) in [6.07, 6.45) is 12.2. The van der Waals surface area contributed by atoms with Gasteiger partial charge in [-0.3, -0.25) is 24.8 Å². The Labute approximate surface area is 226 Å². The number of carbonyl (C=O) groups is 1. The molecule has 1 fully saturated rings. The minimum absolute atomic E-state index is 0.0622. The summed E-state index contributed by atoms with van der Waals surface area (Å²) in [5, 5.41) is 12.2. The fraction of sp³-hybridized carbons (Fsp3) is 0.207. The van der Waals surface area contributed by atoms with Gasteiger partial charge < -0.3 is 10.3 Å². The molecule has 0 spiro atoms. The van der Waals surface area contributed by atoms with E-state index in [1.165, 1.54) is 12.5 Å². The van der Waals surface area contributed by atoms with Gasteiger partial charge in [-0.15, -0.1) is 11.3 Å². The first kappa shape index (κ1) is 23.7. The second-order valence-electron chi connectivity index (χ2n) is 9.88. The number of nitrogens with zero attached hydrogens (tertiary/aromatic N) is 4. The highest BCUT2D eigenvalue weighted by atomic mass is 32.1. The Balaban J connectivity index is 1.22. The Bertz CT molecular complexity index is 1830. The van der Waals surface area contributed by atoms with Crippen molar-refractivity contribution in [3.8, 4) is 33.2 Å². The fourth-order valence-electron chi connectivity index (χ4n) is 5.36. The zero-order valence-electron chi connectivity index (χ0n) is 20.9. The zero-order valence-corrected chi connectivity index (χ0v) is 21.7. The SMILES string of the molecule is O=C(Nc1cncc(-c2cc3c(-c4cc5c(-c6ccc(F)s6)nccc5[nH]4)n[nH]c3cn2)c1)C1CCCCC1. The van der Waals surface area contributed by atoms with Crippen LogP contribution in [0.15, 0.2) is 61.2 Å². The van der Waals surface area contributed by atoms with Crippen LogP contribution in [0, 0.1) is 11.0 Å². The van der Waals surface area contributed by atoms with Gasteiger partial charge in [-0.2, -0.15) is 9.49 Å². The Morgan fingerprint density at radius 1 is 0.949 bits per heavy atom. The van der Waals surface area contributed by atoms with Crippen LogP contribution in [-0.4, -0.2) is 36.0 Å². The van der Waals surface area contributed by atoms with E-state index in [0.717, 1.165) is 92.0 Å². The number of aromatic nitrogens is 6. The second kappa shape index (κ2) is 9.70. The summed E-state index contributed by atoms with van der Waals surface area (Å²) >= 11 is 1.07. The second-order valence-corrected chi connectivity index (χ2v) is 10.9. The van der Waals surface area contributed by atoms with Crippen molar-refractivity contribution >= 4 is 44.7 Å². The van der Waals surface area contributed by atoms with Crippen molar-refractivity contribution < 1.29 is 9.18 Å². The molecule has 39 heavy (non-hydrogen) atoms. The van der Waals surface area contributed by atoms with Crippen LogP contribution in [0.1, 0.15) is 32.1 Å². The maximum absolute atomic E-state index is 13.7. The first-order chi connectivity index (χ1) is 19.1. The molecule has 1 aliphatic rings. The lowest BCUT2D eigenvalue weighted by molar-refractivity contribution is -0.120. The van der Waals surface area contributed by atoms with Gasteiger partial charge >= 0.3 is 0 Å². The maximum atomic E-state index is 13.7. The Kier molecular flexibility index (Phi) is 5.89. The monoisotopic (exact) mass is 537 g/mol. The molecule has 6 aromatic rings. The molecule has 194 valence electrons. The molecule has 0 radical (unpaired) electrons. The number of amides is 1. The first-order valence-electron chi connectivity index (χ1n) is 13.0. The first-order valence-corrected chi connectivity index (χ1v) is 13.8. The van der Waals surface area contributed by atoms with Crippen molar-refractivity contribution in [1.82, 2.24) is 30.1 Å². The number of hydrogen-bond donors (Lipinski definition) is 3. The number of fused-ring (bicyclic) bond motifs is 2. The normalized spacial score (nSPS) is 14.3. The van der Waals surface area contributed by atoms with E-state index in [4.69, 9.17) is 0 Å². The predicted octanol–water partition coefficient (Wildman–Crippen LogP) is 6.95. The van der Waals surface area contributed by atoms with Gasteiger partial charge in [0.25, 0.3) is 0 Å². The smallest absolute Gasteiger partial charge is 0.227 e. The van der Waals surface area contributed by atoms with Crippen LogP contribution < -0.4 is 5.32 Å². The van der Waals surface area contributed by atoms with Gasteiger partial charge in [-0.05, 0) is 49.2 Å². The van der Waals surface area contributed by atoms with Gasteiger partial charge in [0, 0.05) is 40.2 Å². The Morgan fingerprint density at radius 2 is 1.82 bits per heavy atom. The summed E-state index contributed by atoms with van der Waals surface area (Å²) in [6.45, 7) is 0. The summed E-state index contributed by atoms with van der Waals surface area (Å²) < 4.78 is 13.7. The van der Waals surface area contributed by atoms with Crippen LogP contribution in [0.3, 0.4) is 0 Å². The van der Waals surface area contributed by atoms with Crippen LogP contribution in [0.25, 0.3) is 55.0 Å². The molecular weight excluding hydrogens is 513 g/mol. The van der Waals surface area contributed by atoms with Crippen LogP contribution in [0.4, 0.5) is 10.1 Å². The Morgan fingerprint density at radius 3 is 2.67 bits per heavy atom. The molecule has 10 heteroatoms. The highest BCUT2D eigenvalue weighted by Gasteiger charge is 2.21. The van der Waals surface area contributed by atoms with E-state index in [0.29, 0.717) is 5.69 Å². The number of H-pyrrole nitrogens is 2. The highest BCUT2D eigenvalue weighted by molar-refractivity contribution is 7.13. The third kappa shape index (κ3) is 4.46. The van der Waals surface area contributed by atoms with Crippen molar-refractivity contribution in [2.75, 3.05) is 5.32 Å². The molecule has 0 atom stereocenters. The number of halogens is 1. The standard InChI is InChI=1S/C29H24FN7OS/c30-26-7-6-25(39-26)28-19-12-23(35-21(19)8-9-32-28)27-20-11-22(33-15-24(20)36-37-27)17-10-18(14-31-13-17)34-29(38)16-4-2-1-3-5-16/h6-16,35H,1-5H2,(H,34,38)(H,36,37). The Hall–Kier alpha value is -4.44. The number of nitrogens with one attached hydrogen (secondary N) is 3. The van der Waals surface area contributed by atoms with E-state index >= 15 is 0 Å². The number of anilines is 1. The lowest BCUT2D eigenvalue weighted by Gasteiger charge is -2.20. The van der Waals surface area contributed by atoms with Gasteiger partial charge in [0.05, 0.1) is 45.6 Å². The molecule has 1 aliphatic carbocycles. The van der Waals surface area contributed by atoms with Crippen LogP contribution in [-0.2, 0) is 4.79 Å². The summed E-state index contributed by atoms with van der Waals surface area (Å²) in [5.41, 5.74) is 6.14. The average molecular weight is 538 g/mol. The van der Waals surface area contributed by atoms with E-state index in [9.17, 15) is 9.18 Å². The lowest BCUT2D eigenvalue weighted by Crippen LogP contribution is -2.24. The number of carbonyl (C=O) groups excluding carboxylic acids is 1. The third-order valence-electron chi connectivity index (χ3n) is 7.33. The van der Waals surface area contributed by atoms with Gasteiger partial charge in [0.2, 0.25) is 5.91 Å². The van der Waals surface area contributed by atoms with E-state index in [-0.39, 0.29) is 17.0 Å². The molecule has 0 unspecified atom stereocenters. The summed E-state index contributed by atoms with van der Waals surface area (Å²) in [6, 6.07) is 11.0. The maximum Gasteiger partial charge on any atom is 0.227 e. The molecule has 0 saturated heterocycles. The van der Waals surface area contributed by atoms with Gasteiger partial charge in [0.1, 0.15) is 5.69 Å². The fourth-order valence-corrected chi connectivity index (χ4v) is 6.10. The minimum Gasteiger partial charge on any atom is -0.353 e.